The minimum absolute atomic E-state index is 0.0523. The molecule has 0 aliphatic carbocycles. The molecule has 1 atom stereocenters. The third-order valence-electron chi connectivity index (χ3n) is 2.72. The molecule has 0 aromatic carbocycles. The standard InChI is InChI=1S/C12H18N4OS/c1-8-5-9(2)15-12(14-8)18-7-11(17)16-10-3-4-13-6-10/h5,10,13H,3-4,6-7H2,1-2H3,(H,16,17). The minimum atomic E-state index is 0.0523. The first kappa shape index (κ1) is 13.3. The first-order valence-electron chi connectivity index (χ1n) is 6.08. The van der Waals surface area contributed by atoms with E-state index in [4.69, 9.17) is 0 Å². The Kier molecular flexibility index (Phi) is 4.54. The van der Waals surface area contributed by atoms with E-state index >= 15 is 0 Å². The van der Waals surface area contributed by atoms with Crippen LogP contribution >= 0.6 is 11.8 Å². The Morgan fingerprint density at radius 3 is 2.83 bits per heavy atom. The lowest BCUT2D eigenvalue weighted by Crippen LogP contribution is -2.37. The molecule has 1 aromatic rings. The average molecular weight is 266 g/mol. The fourth-order valence-electron chi connectivity index (χ4n) is 1.94. The third kappa shape index (κ3) is 3.96. The van der Waals surface area contributed by atoms with Crippen molar-refractivity contribution in [3.8, 4) is 0 Å². The summed E-state index contributed by atoms with van der Waals surface area (Å²) in [7, 11) is 0. The molecule has 98 valence electrons. The van der Waals surface area contributed by atoms with Gasteiger partial charge < -0.3 is 10.6 Å². The Morgan fingerprint density at radius 2 is 2.22 bits per heavy atom. The molecule has 1 unspecified atom stereocenters. The van der Waals surface area contributed by atoms with Crippen molar-refractivity contribution in [3.63, 3.8) is 0 Å². The van der Waals surface area contributed by atoms with Gasteiger partial charge in [0.1, 0.15) is 0 Å². The van der Waals surface area contributed by atoms with Crippen LogP contribution in [0.1, 0.15) is 17.8 Å². The molecule has 1 fully saturated rings. The van der Waals surface area contributed by atoms with Crippen LogP contribution in [0.25, 0.3) is 0 Å². The zero-order valence-electron chi connectivity index (χ0n) is 10.7. The normalized spacial score (nSPS) is 18.9. The zero-order valence-corrected chi connectivity index (χ0v) is 11.5. The summed E-state index contributed by atoms with van der Waals surface area (Å²) in [6.07, 6.45) is 1.01. The van der Waals surface area contributed by atoms with Crippen LogP contribution < -0.4 is 10.6 Å². The second-order valence-electron chi connectivity index (χ2n) is 4.48. The third-order valence-corrected chi connectivity index (χ3v) is 3.57. The van der Waals surface area contributed by atoms with Crippen molar-refractivity contribution >= 4 is 17.7 Å². The smallest absolute Gasteiger partial charge is 0.230 e. The summed E-state index contributed by atoms with van der Waals surface area (Å²) in [5, 5.41) is 6.89. The lowest BCUT2D eigenvalue weighted by Gasteiger charge is -2.10. The topological polar surface area (TPSA) is 66.9 Å². The number of hydrogen-bond acceptors (Lipinski definition) is 5. The highest BCUT2D eigenvalue weighted by molar-refractivity contribution is 7.99. The van der Waals surface area contributed by atoms with E-state index < -0.39 is 0 Å². The number of aryl methyl sites for hydroxylation is 2. The van der Waals surface area contributed by atoms with E-state index in [9.17, 15) is 4.79 Å². The lowest BCUT2D eigenvalue weighted by atomic mass is 10.3. The first-order chi connectivity index (χ1) is 8.63. The van der Waals surface area contributed by atoms with E-state index in [1.54, 1.807) is 0 Å². The van der Waals surface area contributed by atoms with Gasteiger partial charge in [0.25, 0.3) is 0 Å². The Morgan fingerprint density at radius 1 is 1.50 bits per heavy atom. The van der Waals surface area contributed by atoms with E-state index in [-0.39, 0.29) is 11.9 Å². The van der Waals surface area contributed by atoms with Gasteiger partial charge in [-0.25, -0.2) is 9.97 Å². The van der Waals surface area contributed by atoms with Crippen molar-refractivity contribution in [2.75, 3.05) is 18.8 Å². The molecular formula is C12H18N4OS. The predicted octanol–water partition coefficient (Wildman–Crippen LogP) is 0.664. The van der Waals surface area contributed by atoms with Gasteiger partial charge >= 0.3 is 0 Å². The second kappa shape index (κ2) is 6.15. The van der Waals surface area contributed by atoms with E-state index in [0.29, 0.717) is 10.9 Å². The Hall–Kier alpha value is -1.14. The fourth-order valence-corrected chi connectivity index (χ4v) is 2.70. The fraction of sp³-hybridized carbons (Fsp3) is 0.583. The number of nitrogens with one attached hydrogen (secondary N) is 2. The van der Waals surface area contributed by atoms with Crippen molar-refractivity contribution in [1.29, 1.82) is 0 Å². The van der Waals surface area contributed by atoms with Crippen LogP contribution in [0.4, 0.5) is 0 Å². The summed E-state index contributed by atoms with van der Waals surface area (Å²) >= 11 is 1.39. The van der Waals surface area contributed by atoms with Gasteiger partial charge in [-0.2, -0.15) is 0 Å². The van der Waals surface area contributed by atoms with Crippen molar-refractivity contribution < 1.29 is 4.79 Å². The number of thioether (sulfide) groups is 1. The number of carbonyl (C=O) groups is 1. The molecule has 5 nitrogen and oxygen atoms in total. The summed E-state index contributed by atoms with van der Waals surface area (Å²) < 4.78 is 0. The molecule has 1 aromatic heterocycles. The molecule has 18 heavy (non-hydrogen) atoms. The van der Waals surface area contributed by atoms with E-state index in [0.717, 1.165) is 30.9 Å². The molecule has 6 heteroatoms. The average Bonchev–Trinajstić information content (AvgIpc) is 2.78. The van der Waals surface area contributed by atoms with Gasteiger partial charge in [-0.15, -0.1) is 0 Å². The van der Waals surface area contributed by atoms with Crippen molar-refractivity contribution in [2.24, 2.45) is 0 Å². The lowest BCUT2D eigenvalue weighted by molar-refractivity contribution is -0.119. The summed E-state index contributed by atoms with van der Waals surface area (Å²) in [6.45, 7) is 5.72. The van der Waals surface area contributed by atoms with Crippen molar-refractivity contribution in [1.82, 2.24) is 20.6 Å². The monoisotopic (exact) mass is 266 g/mol. The predicted molar refractivity (Wildman–Crippen MR) is 71.6 cm³/mol. The highest BCUT2D eigenvalue weighted by Crippen LogP contribution is 2.13. The van der Waals surface area contributed by atoms with Crippen LogP contribution in [-0.2, 0) is 4.79 Å². The summed E-state index contributed by atoms with van der Waals surface area (Å²) in [5.74, 6) is 0.427. The molecule has 1 saturated heterocycles. The second-order valence-corrected chi connectivity index (χ2v) is 5.42. The van der Waals surface area contributed by atoms with Crippen LogP contribution in [0.15, 0.2) is 11.2 Å². The number of rotatable bonds is 4. The molecular weight excluding hydrogens is 248 g/mol. The number of nitrogens with zero attached hydrogens (tertiary/aromatic N) is 2. The van der Waals surface area contributed by atoms with E-state index in [1.807, 2.05) is 19.9 Å². The molecule has 2 rings (SSSR count). The molecule has 0 saturated carbocycles. The Labute approximate surface area is 111 Å². The first-order valence-corrected chi connectivity index (χ1v) is 7.07. The van der Waals surface area contributed by atoms with Gasteiger partial charge in [-0.3, -0.25) is 4.79 Å². The van der Waals surface area contributed by atoms with Gasteiger partial charge in [0.2, 0.25) is 5.91 Å². The number of amides is 1. The molecule has 0 radical (unpaired) electrons. The maximum atomic E-state index is 11.7. The van der Waals surface area contributed by atoms with Crippen molar-refractivity contribution in [3.05, 3.63) is 17.5 Å². The van der Waals surface area contributed by atoms with Gasteiger partial charge in [0.05, 0.1) is 5.75 Å². The maximum Gasteiger partial charge on any atom is 0.230 e. The van der Waals surface area contributed by atoms with Crippen molar-refractivity contribution in [2.45, 2.75) is 31.5 Å². The summed E-state index contributed by atoms with van der Waals surface area (Å²) in [6, 6.07) is 2.20. The largest absolute Gasteiger partial charge is 0.351 e. The molecule has 0 spiro atoms. The highest BCUT2D eigenvalue weighted by Gasteiger charge is 2.16. The van der Waals surface area contributed by atoms with Crippen LogP contribution in [0.3, 0.4) is 0 Å². The maximum absolute atomic E-state index is 11.7. The van der Waals surface area contributed by atoms with Gasteiger partial charge in [0.15, 0.2) is 5.16 Å². The number of aromatic nitrogens is 2. The number of carbonyl (C=O) groups excluding carboxylic acids is 1. The quantitative estimate of drug-likeness (QED) is 0.619. The molecule has 2 N–H and O–H groups in total. The Balaban J connectivity index is 1.81. The van der Waals surface area contributed by atoms with E-state index in [2.05, 4.69) is 20.6 Å². The highest BCUT2D eigenvalue weighted by atomic mass is 32.2. The molecule has 1 aliphatic rings. The number of hydrogen-bond donors (Lipinski definition) is 2. The van der Waals surface area contributed by atoms with Gasteiger partial charge in [0, 0.05) is 24.0 Å². The van der Waals surface area contributed by atoms with Crippen LogP contribution in [0, 0.1) is 13.8 Å². The molecule has 1 amide bonds. The molecule has 0 bridgehead atoms. The molecule has 2 heterocycles. The summed E-state index contributed by atoms with van der Waals surface area (Å²) in [5.41, 5.74) is 1.87. The van der Waals surface area contributed by atoms with Crippen LogP contribution in [0.2, 0.25) is 0 Å². The summed E-state index contributed by atoms with van der Waals surface area (Å²) in [4.78, 5) is 20.3. The van der Waals surface area contributed by atoms with Crippen LogP contribution in [-0.4, -0.2) is 40.8 Å². The molecule has 1 aliphatic heterocycles. The van der Waals surface area contributed by atoms with Crippen LogP contribution in [0.5, 0.6) is 0 Å². The Bertz CT molecular complexity index is 412. The minimum Gasteiger partial charge on any atom is -0.351 e. The zero-order chi connectivity index (χ0) is 13.0. The van der Waals surface area contributed by atoms with E-state index in [1.165, 1.54) is 11.8 Å². The van der Waals surface area contributed by atoms with Gasteiger partial charge in [-0.1, -0.05) is 11.8 Å². The van der Waals surface area contributed by atoms with Gasteiger partial charge in [-0.05, 0) is 32.9 Å². The SMILES string of the molecule is Cc1cc(C)nc(SCC(=O)NC2CCNC2)n1.